The Labute approximate surface area is 123 Å². The summed E-state index contributed by atoms with van der Waals surface area (Å²) in [5.74, 6) is 1.52. The standard InChI is InChI=1S/C17H29N3/c1-17(2,3)13-7-5-12(6-8-13)16(19-4)14-11-20-10-9-15(14)18/h9-13,16,19H,5-8H2,1-4H3,(H2,18,20). The maximum Gasteiger partial charge on any atom is 0.0393 e. The highest BCUT2D eigenvalue weighted by Gasteiger charge is 2.33. The van der Waals surface area contributed by atoms with E-state index < -0.39 is 0 Å². The molecule has 1 atom stereocenters. The van der Waals surface area contributed by atoms with E-state index >= 15 is 0 Å². The molecule has 20 heavy (non-hydrogen) atoms. The first kappa shape index (κ1) is 15.3. The minimum atomic E-state index is 0.338. The second-order valence-electron chi connectivity index (χ2n) is 7.25. The van der Waals surface area contributed by atoms with Crippen LogP contribution in [0.1, 0.15) is 58.1 Å². The van der Waals surface area contributed by atoms with Gasteiger partial charge in [-0.2, -0.15) is 0 Å². The van der Waals surface area contributed by atoms with Crippen LogP contribution in [0.25, 0.3) is 0 Å². The fourth-order valence-corrected chi connectivity index (χ4v) is 3.64. The lowest BCUT2D eigenvalue weighted by atomic mass is 9.68. The van der Waals surface area contributed by atoms with Crippen LogP contribution in [0.15, 0.2) is 18.5 Å². The molecule has 0 amide bonds. The Bertz CT molecular complexity index is 428. The Hall–Kier alpha value is -1.09. The minimum absolute atomic E-state index is 0.338. The number of hydrogen-bond acceptors (Lipinski definition) is 3. The summed E-state index contributed by atoms with van der Waals surface area (Å²) in [5.41, 5.74) is 8.58. The topological polar surface area (TPSA) is 50.9 Å². The summed E-state index contributed by atoms with van der Waals surface area (Å²) in [7, 11) is 2.03. The van der Waals surface area contributed by atoms with Gasteiger partial charge < -0.3 is 11.1 Å². The molecule has 1 aromatic rings. The molecular formula is C17H29N3. The maximum absolute atomic E-state index is 6.12. The zero-order valence-electron chi connectivity index (χ0n) is 13.3. The smallest absolute Gasteiger partial charge is 0.0393 e. The molecule has 0 bridgehead atoms. The van der Waals surface area contributed by atoms with Gasteiger partial charge in [-0.3, -0.25) is 4.98 Å². The zero-order chi connectivity index (χ0) is 14.8. The van der Waals surface area contributed by atoms with E-state index in [4.69, 9.17) is 5.73 Å². The molecule has 3 N–H and O–H groups in total. The van der Waals surface area contributed by atoms with E-state index in [1.54, 1.807) is 6.20 Å². The summed E-state index contributed by atoms with van der Waals surface area (Å²) < 4.78 is 0. The highest BCUT2D eigenvalue weighted by Crippen LogP contribution is 2.43. The molecule has 1 aliphatic rings. The molecule has 0 saturated heterocycles. The zero-order valence-corrected chi connectivity index (χ0v) is 13.3. The lowest BCUT2D eigenvalue weighted by Gasteiger charge is -2.39. The van der Waals surface area contributed by atoms with Gasteiger partial charge in [0, 0.05) is 29.7 Å². The van der Waals surface area contributed by atoms with Gasteiger partial charge in [-0.05, 0) is 56.0 Å². The molecule has 1 aliphatic carbocycles. The molecule has 2 rings (SSSR count). The average molecular weight is 275 g/mol. The van der Waals surface area contributed by atoms with Gasteiger partial charge in [-0.1, -0.05) is 20.8 Å². The molecule has 1 unspecified atom stereocenters. The summed E-state index contributed by atoms with van der Waals surface area (Å²) in [5, 5.41) is 3.46. The number of nitrogens with two attached hydrogens (primary N) is 1. The van der Waals surface area contributed by atoms with Gasteiger partial charge in [0.25, 0.3) is 0 Å². The van der Waals surface area contributed by atoms with Gasteiger partial charge in [0.2, 0.25) is 0 Å². The van der Waals surface area contributed by atoms with Crippen LogP contribution in [0.5, 0.6) is 0 Å². The van der Waals surface area contributed by atoms with Crippen molar-refractivity contribution in [3.05, 3.63) is 24.0 Å². The third-order valence-electron chi connectivity index (χ3n) is 5.00. The van der Waals surface area contributed by atoms with Gasteiger partial charge in [0.05, 0.1) is 0 Å². The first-order valence-electron chi connectivity index (χ1n) is 7.80. The number of hydrogen-bond donors (Lipinski definition) is 2. The Morgan fingerprint density at radius 2 is 1.90 bits per heavy atom. The van der Waals surface area contributed by atoms with E-state index in [2.05, 4.69) is 31.1 Å². The van der Waals surface area contributed by atoms with Crippen molar-refractivity contribution < 1.29 is 0 Å². The lowest BCUT2D eigenvalue weighted by Crippen LogP contribution is -2.32. The molecular weight excluding hydrogens is 246 g/mol. The van der Waals surface area contributed by atoms with Gasteiger partial charge in [0.15, 0.2) is 0 Å². The monoisotopic (exact) mass is 275 g/mol. The summed E-state index contributed by atoms with van der Waals surface area (Å²) in [4.78, 5) is 4.24. The van der Waals surface area contributed by atoms with Crippen LogP contribution in [0, 0.1) is 17.3 Å². The van der Waals surface area contributed by atoms with Crippen molar-refractivity contribution in [2.45, 2.75) is 52.5 Å². The Morgan fingerprint density at radius 3 is 2.40 bits per heavy atom. The minimum Gasteiger partial charge on any atom is -0.398 e. The Balaban J connectivity index is 2.06. The van der Waals surface area contributed by atoms with E-state index in [1.807, 2.05) is 19.3 Å². The van der Waals surface area contributed by atoms with E-state index in [0.717, 1.165) is 17.2 Å². The van der Waals surface area contributed by atoms with Gasteiger partial charge in [0.1, 0.15) is 0 Å². The SMILES string of the molecule is CNC(c1cnccc1N)C1CCC(C(C)(C)C)CC1. The van der Waals surface area contributed by atoms with E-state index in [-0.39, 0.29) is 0 Å². The van der Waals surface area contributed by atoms with Gasteiger partial charge in [-0.25, -0.2) is 0 Å². The van der Waals surface area contributed by atoms with Crippen LogP contribution in [0.3, 0.4) is 0 Å². The number of rotatable bonds is 3. The first-order valence-corrected chi connectivity index (χ1v) is 7.80. The largest absolute Gasteiger partial charge is 0.398 e. The van der Waals surface area contributed by atoms with Crippen LogP contribution in [-0.4, -0.2) is 12.0 Å². The van der Waals surface area contributed by atoms with E-state index in [0.29, 0.717) is 17.4 Å². The average Bonchev–Trinajstić information content (AvgIpc) is 2.41. The highest BCUT2D eigenvalue weighted by atomic mass is 14.9. The maximum atomic E-state index is 6.12. The third kappa shape index (κ3) is 3.32. The van der Waals surface area contributed by atoms with Gasteiger partial charge >= 0.3 is 0 Å². The van der Waals surface area contributed by atoms with Crippen LogP contribution in [0.2, 0.25) is 0 Å². The molecule has 3 heteroatoms. The second-order valence-corrected chi connectivity index (χ2v) is 7.25. The molecule has 3 nitrogen and oxygen atoms in total. The van der Waals surface area contributed by atoms with E-state index in [1.165, 1.54) is 25.7 Å². The fraction of sp³-hybridized carbons (Fsp3) is 0.706. The predicted octanol–water partition coefficient (Wildman–Crippen LogP) is 3.78. The van der Waals surface area contributed by atoms with Crippen molar-refractivity contribution in [1.82, 2.24) is 10.3 Å². The molecule has 0 spiro atoms. The molecule has 112 valence electrons. The Kier molecular flexibility index (Phi) is 4.69. The second kappa shape index (κ2) is 6.13. The molecule has 1 fully saturated rings. The van der Waals surface area contributed by atoms with E-state index in [9.17, 15) is 0 Å². The summed E-state index contributed by atoms with van der Waals surface area (Å²) >= 11 is 0. The molecule has 1 saturated carbocycles. The van der Waals surface area contributed by atoms with Crippen molar-refractivity contribution in [1.29, 1.82) is 0 Å². The van der Waals surface area contributed by atoms with Crippen LogP contribution < -0.4 is 11.1 Å². The lowest BCUT2D eigenvalue weighted by molar-refractivity contribution is 0.134. The number of nitrogens with zero attached hydrogens (tertiary/aromatic N) is 1. The highest BCUT2D eigenvalue weighted by molar-refractivity contribution is 5.46. The third-order valence-corrected chi connectivity index (χ3v) is 5.00. The number of aromatic nitrogens is 1. The number of nitrogen functional groups attached to an aromatic ring is 1. The predicted molar refractivity (Wildman–Crippen MR) is 85.4 cm³/mol. The quantitative estimate of drug-likeness (QED) is 0.882. The fourth-order valence-electron chi connectivity index (χ4n) is 3.64. The molecule has 1 aromatic heterocycles. The van der Waals surface area contributed by atoms with Crippen molar-refractivity contribution >= 4 is 5.69 Å². The number of anilines is 1. The summed E-state index contributed by atoms with van der Waals surface area (Å²) in [6, 6.07) is 2.24. The number of nitrogens with one attached hydrogen (secondary N) is 1. The normalized spacial score (nSPS) is 25.4. The first-order chi connectivity index (χ1) is 9.43. The van der Waals surface area contributed by atoms with Crippen LogP contribution >= 0.6 is 0 Å². The van der Waals surface area contributed by atoms with Gasteiger partial charge in [-0.15, -0.1) is 0 Å². The molecule has 0 aromatic carbocycles. The summed E-state index contributed by atoms with van der Waals surface area (Å²) in [6.07, 6.45) is 8.90. The Morgan fingerprint density at radius 1 is 1.25 bits per heavy atom. The van der Waals surface area contributed by atoms with Crippen LogP contribution in [0.4, 0.5) is 5.69 Å². The summed E-state index contributed by atoms with van der Waals surface area (Å²) in [6.45, 7) is 7.10. The number of pyridine rings is 1. The molecule has 0 radical (unpaired) electrons. The van der Waals surface area contributed by atoms with Crippen molar-refractivity contribution in [2.75, 3.05) is 12.8 Å². The molecule has 0 aliphatic heterocycles. The molecule has 1 heterocycles. The van der Waals surface area contributed by atoms with Crippen molar-refractivity contribution in [3.8, 4) is 0 Å². The van der Waals surface area contributed by atoms with Crippen molar-refractivity contribution in [3.63, 3.8) is 0 Å². The van der Waals surface area contributed by atoms with Crippen LogP contribution in [-0.2, 0) is 0 Å². The van der Waals surface area contributed by atoms with Crippen molar-refractivity contribution in [2.24, 2.45) is 17.3 Å².